The van der Waals surface area contributed by atoms with Crippen LogP contribution in [0.5, 0.6) is 0 Å². The summed E-state index contributed by atoms with van der Waals surface area (Å²) in [4.78, 5) is 16.2. The number of carbonyl (C=O) groups is 1. The van der Waals surface area contributed by atoms with Gasteiger partial charge in [0.15, 0.2) is 0 Å². The number of nitrogens with zero attached hydrogens (tertiary/aromatic N) is 2. The van der Waals surface area contributed by atoms with E-state index in [1.807, 2.05) is 12.1 Å². The van der Waals surface area contributed by atoms with E-state index in [1.165, 1.54) is 0 Å². The fraction of sp³-hybridized carbons (Fsp3) is 0.533. The predicted molar refractivity (Wildman–Crippen MR) is 84.8 cm³/mol. The van der Waals surface area contributed by atoms with E-state index in [-0.39, 0.29) is 5.91 Å². The number of nitrogen functional groups attached to an aromatic ring is 1. The first-order valence-electron chi connectivity index (χ1n) is 6.96. The number of benzene rings is 1. The molecule has 20 heavy (non-hydrogen) atoms. The van der Waals surface area contributed by atoms with Crippen molar-refractivity contribution in [1.82, 2.24) is 9.80 Å². The van der Waals surface area contributed by atoms with Crippen molar-refractivity contribution in [1.29, 1.82) is 0 Å². The van der Waals surface area contributed by atoms with Gasteiger partial charge in [0, 0.05) is 30.9 Å². The average Bonchev–Trinajstić information content (AvgIpc) is 2.36. The highest BCUT2D eigenvalue weighted by Crippen LogP contribution is 2.12. The molecule has 0 radical (unpaired) electrons. The van der Waals surface area contributed by atoms with E-state index in [1.54, 1.807) is 12.1 Å². The van der Waals surface area contributed by atoms with Crippen LogP contribution in [0, 0.1) is 0 Å². The van der Waals surface area contributed by atoms with E-state index < -0.39 is 0 Å². The molecule has 3 N–H and O–H groups in total. The van der Waals surface area contributed by atoms with Crippen molar-refractivity contribution in [3.05, 3.63) is 24.3 Å². The molecular weight excluding hydrogens is 252 g/mol. The number of hydrogen-bond donors (Lipinski definition) is 2. The smallest absolute Gasteiger partial charge is 0.224 e. The molecule has 0 heterocycles. The minimum absolute atomic E-state index is 0.0385. The van der Waals surface area contributed by atoms with Crippen molar-refractivity contribution >= 4 is 17.3 Å². The summed E-state index contributed by atoms with van der Waals surface area (Å²) in [6.45, 7) is 2.98. The zero-order chi connectivity index (χ0) is 15.0. The number of carbonyl (C=O) groups excluding carboxylic acids is 1. The third kappa shape index (κ3) is 7.11. The third-order valence-corrected chi connectivity index (χ3v) is 3.04. The molecule has 0 aliphatic carbocycles. The number of rotatable bonds is 8. The van der Waals surface area contributed by atoms with Gasteiger partial charge in [-0.2, -0.15) is 0 Å². The lowest BCUT2D eigenvalue weighted by molar-refractivity contribution is -0.116. The van der Waals surface area contributed by atoms with E-state index in [0.29, 0.717) is 12.1 Å². The molecule has 1 aromatic carbocycles. The van der Waals surface area contributed by atoms with Crippen molar-refractivity contribution < 1.29 is 4.79 Å². The fourth-order valence-corrected chi connectivity index (χ4v) is 1.83. The molecule has 1 aromatic rings. The van der Waals surface area contributed by atoms with Crippen LogP contribution in [-0.2, 0) is 4.79 Å². The maximum absolute atomic E-state index is 11.8. The Balaban J connectivity index is 2.20. The van der Waals surface area contributed by atoms with Crippen LogP contribution in [0.2, 0.25) is 0 Å². The van der Waals surface area contributed by atoms with Gasteiger partial charge < -0.3 is 20.9 Å². The van der Waals surface area contributed by atoms with Crippen molar-refractivity contribution in [3.8, 4) is 0 Å². The fourth-order valence-electron chi connectivity index (χ4n) is 1.83. The first-order valence-corrected chi connectivity index (χ1v) is 6.96. The maximum atomic E-state index is 11.8. The topological polar surface area (TPSA) is 61.6 Å². The van der Waals surface area contributed by atoms with Crippen molar-refractivity contribution in [2.24, 2.45) is 0 Å². The van der Waals surface area contributed by atoms with Gasteiger partial charge >= 0.3 is 0 Å². The molecule has 0 bridgehead atoms. The van der Waals surface area contributed by atoms with Gasteiger partial charge in [-0.15, -0.1) is 0 Å². The molecule has 5 heteroatoms. The molecule has 0 spiro atoms. The van der Waals surface area contributed by atoms with Crippen LogP contribution in [0.15, 0.2) is 24.3 Å². The monoisotopic (exact) mass is 278 g/mol. The molecule has 0 unspecified atom stereocenters. The molecule has 0 aromatic heterocycles. The molecule has 0 saturated carbocycles. The molecule has 0 saturated heterocycles. The normalized spacial score (nSPS) is 11.1. The van der Waals surface area contributed by atoms with Crippen molar-refractivity contribution in [2.45, 2.75) is 12.8 Å². The van der Waals surface area contributed by atoms with E-state index in [2.05, 4.69) is 36.3 Å². The lowest BCUT2D eigenvalue weighted by atomic mass is 10.2. The molecule has 0 aliphatic heterocycles. The first-order chi connectivity index (χ1) is 9.47. The number of anilines is 2. The third-order valence-electron chi connectivity index (χ3n) is 3.04. The second kappa shape index (κ2) is 8.55. The lowest BCUT2D eigenvalue weighted by Gasteiger charge is -2.18. The Morgan fingerprint density at radius 1 is 1.20 bits per heavy atom. The Hall–Kier alpha value is -1.59. The van der Waals surface area contributed by atoms with Gasteiger partial charge in [0.2, 0.25) is 5.91 Å². The molecule has 5 nitrogen and oxygen atoms in total. The molecule has 0 atom stereocenters. The van der Waals surface area contributed by atoms with Gasteiger partial charge in [0.05, 0.1) is 0 Å². The molecule has 112 valence electrons. The van der Waals surface area contributed by atoms with Crippen LogP contribution in [0.3, 0.4) is 0 Å². The predicted octanol–water partition coefficient (Wildman–Crippen LogP) is 1.48. The molecule has 0 fully saturated rings. The van der Waals surface area contributed by atoms with Crippen LogP contribution < -0.4 is 11.1 Å². The van der Waals surface area contributed by atoms with Gasteiger partial charge in [-0.1, -0.05) is 6.07 Å². The summed E-state index contributed by atoms with van der Waals surface area (Å²) >= 11 is 0. The van der Waals surface area contributed by atoms with Gasteiger partial charge in [0.1, 0.15) is 0 Å². The summed E-state index contributed by atoms with van der Waals surface area (Å²) in [6, 6.07) is 7.24. The van der Waals surface area contributed by atoms with Crippen molar-refractivity contribution in [2.75, 3.05) is 51.8 Å². The van der Waals surface area contributed by atoms with E-state index in [9.17, 15) is 4.79 Å². The zero-order valence-corrected chi connectivity index (χ0v) is 12.7. The summed E-state index contributed by atoms with van der Waals surface area (Å²) in [6.07, 6.45) is 1.39. The summed E-state index contributed by atoms with van der Waals surface area (Å²) in [5, 5.41) is 2.86. The minimum Gasteiger partial charge on any atom is -0.399 e. The van der Waals surface area contributed by atoms with E-state index >= 15 is 0 Å². The molecule has 0 aliphatic rings. The Bertz CT molecular complexity index is 420. The number of nitrogens with one attached hydrogen (secondary N) is 1. The molecule has 1 rings (SSSR count). The quantitative estimate of drug-likeness (QED) is 0.707. The number of nitrogens with two attached hydrogens (primary N) is 1. The number of amides is 1. The van der Waals surface area contributed by atoms with Gasteiger partial charge in [-0.25, -0.2) is 0 Å². The summed E-state index contributed by atoms with van der Waals surface area (Å²) in [5.74, 6) is 0.0385. The molecular formula is C15H26N4O. The maximum Gasteiger partial charge on any atom is 0.224 e. The minimum atomic E-state index is 0.0385. The van der Waals surface area contributed by atoms with Gasteiger partial charge in [0.25, 0.3) is 0 Å². The largest absolute Gasteiger partial charge is 0.399 e. The Kier molecular flexibility index (Phi) is 7.04. The highest BCUT2D eigenvalue weighted by molar-refractivity contribution is 5.91. The SMILES string of the molecule is CN(C)CCN(C)CCCC(=O)Nc1cccc(N)c1. The second-order valence-corrected chi connectivity index (χ2v) is 5.38. The Labute approximate surface area is 121 Å². The van der Waals surface area contributed by atoms with Crippen LogP contribution in [-0.4, -0.2) is 56.5 Å². The van der Waals surface area contributed by atoms with Gasteiger partial charge in [-0.3, -0.25) is 4.79 Å². The van der Waals surface area contributed by atoms with E-state index in [0.717, 1.165) is 31.7 Å². The van der Waals surface area contributed by atoms with Crippen LogP contribution in [0.1, 0.15) is 12.8 Å². The first kappa shape index (κ1) is 16.5. The zero-order valence-electron chi connectivity index (χ0n) is 12.7. The van der Waals surface area contributed by atoms with E-state index in [4.69, 9.17) is 5.73 Å². The van der Waals surface area contributed by atoms with Crippen LogP contribution in [0.4, 0.5) is 11.4 Å². The van der Waals surface area contributed by atoms with Crippen molar-refractivity contribution in [3.63, 3.8) is 0 Å². The lowest BCUT2D eigenvalue weighted by Crippen LogP contribution is -2.29. The van der Waals surface area contributed by atoms with Crippen LogP contribution in [0.25, 0.3) is 0 Å². The Morgan fingerprint density at radius 2 is 1.95 bits per heavy atom. The van der Waals surface area contributed by atoms with Gasteiger partial charge in [-0.05, 0) is 52.3 Å². The number of hydrogen-bond acceptors (Lipinski definition) is 4. The number of likely N-dealkylation sites (N-methyl/N-ethyl adjacent to an activating group) is 2. The molecule has 1 amide bonds. The summed E-state index contributed by atoms with van der Waals surface area (Å²) < 4.78 is 0. The second-order valence-electron chi connectivity index (χ2n) is 5.38. The average molecular weight is 278 g/mol. The highest BCUT2D eigenvalue weighted by Gasteiger charge is 2.04. The summed E-state index contributed by atoms with van der Waals surface area (Å²) in [5.41, 5.74) is 7.09. The standard InChI is InChI=1S/C15H26N4O/c1-18(2)10-11-19(3)9-5-8-15(20)17-14-7-4-6-13(16)12-14/h4,6-7,12H,5,8-11,16H2,1-3H3,(H,17,20). The summed E-state index contributed by atoms with van der Waals surface area (Å²) in [7, 11) is 6.21. The highest BCUT2D eigenvalue weighted by atomic mass is 16.1. The van der Waals surface area contributed by atoms with Crippen LogP contribution >= 0.6 is 0 Å². The Morgan fingerprint density at radius 3 is 2.60 bits per heavy atom.